The van der Waals surface area contributed by atoms with Crippen molar-refractivity contribution in [1.29, 1.82) is 0 Å². The Morgan fingerprint density at radius 3 is 2.65 bits per heavy atom. The maximum Gasteiger partial charge on any atom is 0.169 e. The lowest BCUT2D eigenvalue weighted by molar-refractivity contribution is 0.380. The summed E-state index contributed by atoms with van der Waals surface area (Å²) in [6, 6.07) is 12.9. The van der Waals surface area contributed by atoms with Crippen molar-refractivity contribution in [1.82, 2.24) is 0 Å². The third-order valence-corrected chi connectivity index (χ3v) is 3.23. The fourth-order valence-electron chi connectivity index (χ4n) is 2.09. The van der Waals surface area contributed by atoms with Crippen LogP contribution in [0.1, 0.15) is 5.76 Å². The van der Waals surface area contributed by atoms with Gasteiger partial charge in [-0.05, 0) is 37.3 Å². The minimum atomic E-state index is 0.592. The molecular formula is C16H13ClO3. The Balaban J connectivity index is 2.05. The van der Waals surface area contributed by atoms with E-state index in [1.54, 1.807) is 25.3 Å². The molecule has 0 atom stereocenters. The van der Waals surface area contributed by atoms with Crippen molar-refractivity contribution in [3.63, 3.8) is 0 Å². The summed E-state index contributed by atoms with van der Waals surface area (Å²) in [6.07, 6.45) is 0. The normalized spacial score (nSPS) is 10.8. The molecule has 20 heavy (non-hydrogen) atoms. The Bertz CT molecular complexity index is 762. The zero-order valence-electron chi connectivity index (χ0n) is 11.1. The predicted molar refractivity (Wildman–Crippen MR) is 79.0 cm³/mol. The molecule has 3 rings (SSSR count). The van der Waals surface area contributed by atoms with Crippen molar-refractivity contribution in [3.05, 3.63) is 53.2 Å². The highest BCUT2D eigenvalue weighted by Crippen LogP contribution is 2.37. The van der Waals surface area contributed by atoms with Crippen LogP contribution in [0, 0.1) is 6.92 Å². The molecule has 1 aromatic heterocycles. The van der Waals surface area contributed by atoms with Crippen LogP contribution in [0.4, 0.5) is 0 Å². The SMILES string of the molecule is COc1cc(Cl)ccc1Oc1cccc2oc(C)cc12. The molecule has 0 saturated heterocycles. The van der Waals surface area contributed by atoms with E-state index in [9.17, 15) is 0 Å². The minimum absolute atomic E-state index is 0.592. The van der Waals surface area contributed by atoms with Crippen LogP contribution in [0.15, 0.2) is 46.9 Å². The molecule has 0 aliphatic heterocycles. The summed E-state index contributed by atoms with van der Waals surface area (Å²) in [5, 5.41) is 1.54. The Labute approximate surface area is 121 Å². The number of fused-ring (bicyclic) bond motifs is 1. The lowest BCUT2D eigenvalue weighted by Gasteiger charge is -2.11. The van der Waals surface area contributed by atoms with Gasteiger partial charge in [-0.1, -0.05) is 17.7 Å². The number of ether oxygens (including phenoxy) is 2. The smallest absolute Gasteiger partial charge is 0.169 e. The maximum atomic E-state index is 5.95. The molecule has 0 radical (unpaired) electrons. The van der Waals surface area contributed by atoms with Gasteiger partial charge in [-0.2, -0.15) is 0 Å². The molecule has 0 saturated carbocycles. The second-order valence-corrected chi connectivity index (χ2v) is 4.86. The lowest BCUT2D eigenvalue weighted by Crippen LogP contribution is -1.90. The summed E-state index contributed by atoms with van der Waals surface area (Å²) >= 11 is 5.95. The molecule has 0 aliphatic rings. The van der Waals surface area contributed by atoms with Gasteiger partial charge in [-0.25, -0.2) is 0 Å². The Hall–Kier alpha value is -2.13. The van der Waals surface area contributed by atoms with E-state index in [-0.39, 0.29) is 0 Å². The molecule has 0 bridgehead atoms. The van der Waals surface area contributed by atoms with Crippen molar-refractivity contribution >= 4 is 22.6 Å². The van der Waals surface area contributed by atoms with Gasteiger partial charge in [0.2, 0.25) is 0 Å². The summed E-state index contributed by atoms with van der Waals surface area (Å²) in [7, 11) is 1.58. The van der Waals surface area contributed by atoms with Crippen molar-refractivity contribution in [2.45, 2.75) is 6.92 Å². The topological polar surface area (TPSA) is 31.6 Å². The van der Waals surface area contributed by atoms with Crippen molar-refractivity contribution in [2.24, 2.45) is 0 Å². The first-order valence-electron chi connectivity index (χ1n) is 6.18. The zero-order valence-corrected chi connectivity index (χ0v) is 11.9. The Morgan fingerprint density at radius 1 is 1.00 bits per heavy atom. The monoisotopic (exact) mass is 288 g/mol. The molecule has 3 nitrogen and oxygen atoms in total. The van der Waals surface area contributed by atoms with E-state index >= 15 is 0 Å². The van der Waals surface area contributed by atoms with Gasteiger partial charge in [0.25, 0.3) is 0 Å². The van der Waals surface area contributed by atoms with Gasteiger partial charge in [0.15, 0.2) is 11.5 Å². The number of hydrogen-bond acceptors (Lipinski definition) is 3. The summed E-state index contributed by atoms with van der Waals surface area (Å²) in [5.74, 6) is 2.78. The molecule has 0 amide bonds. The van der Waals surface area contributed by atoms with Crippen molar-refractivity contribution < 1.29 is 13.9 Å². The number of benzene rings is 2. The first-order valence-corrected chi connectivity index (χ1v) is 6.56. The van der Waals surface area contributed by atoms with Gasteiger partial charge in [0.1, 0.15) is 17.1 Å². The number of halogens is 1. The molecule has 0 aliphatic carbocycles. The average Bonchev–Trinajstić information content (AvgIpc) is 2.82. The number of rotatable bonds is 3. The largest absolute Gasteiger partial charge is 0.493 e. The molecule has 2 aromatic carbocycles. The summed E-state index contributed by atoms with van der Waals surface area (Å²) in [6.45, 7) is 1.91. The summed E-state index contributed by atoms with van der Waals surface area (Å²) < 4.78 is 16.8. The van der Waals surface area contributed by atoms with E-state index in [4.69, 9.17) is 25.5 Å². The van der Waals surface area contributed by atoms with Crippen LogP contribution < -0.4 is 9.47 Å². The molecule has 4 heteroatoms. The molecular weight excluding hydrogens is 276 g/mol. The van der Waals surface area contributed by atoms with E-state index in [0.29, 0.717) is 16.5 Å². The average molecular weight is 289 g/mol. The molecule has 0 spiro atoms. The number of aryl methyl sites for hydroxylation is 1. The first-order chi connectivity index (χ1) is 9.67. The fourth-order valence-corrected chi connectivity index (χ4v) is 2.26. The van der Waals surface area contributed by atoms with E-state index < -0.39 is 0 Å². The standard InChI is InChI=1S/C16H13ClO3/c1-10-8-12-13(19-10)4-3-5-14(12)20-15-7-6-11(17)9-16(15)18-2/h3-9H,1-2H3. The van der Waals surface area contributed by atoms with Gasteiger partial charge in [0, 0.05) is 11.1 Å². The Kier molecular flexibility index (Phi) is 3.28. The molecule has 1 heterocycles. The van der Waals surface area contributed by atoms with Crippen LogP contribution in [0.3, 0.4) is 0 Å². The van der Waals surface area contributed by atoms with Crippen LogP contribution in [-0.4, -0.2) is 7.11 Å². The Morgan fingerprint density at radius 2 is 1.85 bits per heavy atom. The number of methoxy groups -OCH3 is 1. The van der Waals surface area contributed by atoms with E-state index in [2.05, 4.69) is 0 Å². The molecule has 0 N–H and O–H groups in total. The van der Waals surface area contributed by atoms with Gasteiger partial charge in [-0.15, -0.1) is 0 Å². The third kappa shape index (κ3) is 2.32. The minimum Gasteiger partial charge on any atom is -0.493 e. The third-order valence-electron chi connectivity index (χ3n) is 2.99. The van der Waals surface area contributed by atoms with Gasteiger partial charge in [0.05, 0.1) is 12.5 Å². The molecule has 0 unspecified atom stereocenters. The van der Waals surface area contributed by atoms with Gasteiger partial charge >= 0.3 is 0 Å². The second-order valence-electron chi connectivity index (χ2n) is 4.42. The highest BCUT2D eigenvalue weighted by Gasteiger charge is 2.11. The summed E-state index contributed by atoms with van der Waals surface area (Å²) in [4.78, 5) is 0. The van der Waals surface area contributed by atoms with Gasteiger partial charge < -0.3 is 13.9 Å². The highest BCUT2D eigenvalue weighted by atomic mass is 35.5. The quantitative estimate of drug-likeness (QED) is 0.664. The van der Waals surface area contributed by atoms with E-state index in [1.807, 2.05) is 31.2 Å². The van der Waals surface area contributed by atoms with Crippen molar-refractivity contribution in [2.75, 3.05) is 7.11 Å². The molecule has 102 valence electrons. The maximum absolute atomic E-state index is 5.95. The zero-order chi connectivity index (χ0) is 14.1. The first kappa shape index (κ1) is 12.9. The fraction of sp³-hybridized carbons (Fsp3) is 0.125. The highest BCUT2D eigenvalue weighted by molar-refractivity contribution is 6.30. The van der Waals surface area contributed by atoms with Crippen LogP contribution in [0.5, 0.6) is 17.2 Å². The number of furan rings is 1. The van der Waals surface area contributed by atoms with E-state index in [1.165, 1.54) is 0 Å². The molecule has 0 fully saturated rings. The van der Waals surface area contributed by atoms with Crippen LogP contribution in [-0.2, 0) is 0 Å². The predicted octanol–water partition coefficient (Wildman–Crippen LogP) is 5.20. The molecule has 3 aromatic rings. The number of hydrogen-bond donors (Lipinski definition) is 0. The van der Waals surface area contributed by atoms with Gasteiger partial charge in [-0.3, -0.25) is 0 Å². The van der Waals surface area contributed by atoms with Crippen LogP contribution in [0.2, 0.25) is 5.02 Å². The van der Waals surface area contributed by atoms with E-state index in [0.717, 1.165) is 22.5 Å². The lowest BCUT2D eigenvalue weighted by atomic mass is 10.2. The summed E-state index contributed by atoms with van der Waals surface area (Å²) in [5.41, 5.74) is 0.799. The van der Waals surface area contributed by atoms with Crippen molar-refractivity contribution in [3.8, 4) is 17.2 Å². The second kappa shape index (κ2) is 5.10. The van der Waals surface area contributed by atoms with Crippen LogP contribution in [0.25, 0.3) is 11.0 Å². The van der Waals surface area contributed by atoms with Crippen LogP contribution >= 0.6 is 11.6 Å².